The Morgan fingerprint density at radius 1 is 1.43 bits per heavy atom. The van der Waals surface area contributed by atoms with Gasteiger partial charge in [-0.05, 0) is 37.5 Å². The minimum atomic E-state index is -0.605. The number of carbonyl (C=O) groups excluding carboxylic acids is 2. The Morgan fingerprint density at radius 3 is 2.90 bits per heavy atom. The highest BCUT2D eigenvalue weighted by molar-refractivity contribution is 6.31. The average molecular weight is 314 g/mol. The van der Waals surface area contributed by atoms with Crippen molar-refractivity contribution in [3.8, 4) is 0 Å². The van der Waals surface area contributed by atoms with Gasteiger partial charge in [0.25, 0.3) is 5.91 Å². The van der Waals surface area contributed by atoms with Crippen LogP contribution >= 0.6 is 11.6 Å². The molecule has 0 bridgehead atoms. The summed E-state index contributed by atoms with van der Waals surface area (Å²) < 4.78 is 18.5. The number of likely N-dealkylation sites (tertiary alicyclic amines) is 1. The molecule has 1 amide bonds. The lowest BCUT2D eigenvalue weighted by Crippen LogP contribution is -2.45. The molecule has 1 aromatic rings. The van der Waals surface area contributed by atoms with Crippen LogP contribution in [0.1, 0.15) is 36.0 Å². The first-order valence-electron chi connectivity index (χ1n) is 6.85. The molecule has 4 nitrogen and oxygen atoms in total. The third kappa shape index (κ3) is 3.73. The molecule has 1 heterocycles. The average Bonchev–Trinajstić information content (AvgIpc) is 2.49. The summed E-state index contributed by atoms with van der Waals surface area (Å²) in [6.07, 6.45) is 2.61. The molecular weight excluding hydrogens is 297 g/mol. The van der Waals surface area contributed by atoms with Crippen LogP contribution in [0.25, 0.3) is 0 Å². The van der Waals surface area contributed by atoms with Crippen LogP contribution in [-0.4, -0.2) is 36.5 Å². The maximum Gasteiger partial charge on any atom is 0.307 e. The Labute approximate surface area is 127 Å². The fraction of sp³-hybridized carbons (Fsp3) is 0.467. The second-order valence-electron chi connectivity index (χ2n) is 5.05. The minimum absolute atomic E-state index is 0.0562. The summed E-state index contributed by atoms with van der Waals surface area (Å²) in [5.41, 5.74) is -0.0562. The monoisotopic (exact) mass is 313 g/mol. The van der Waals surface area contributed by atoms with Crippen LogP contribution < -0.4 is 0 Å². The van der Waals surface area contributed by atoms with Gasteiger partial charge in [0.2, 0.25) is 0 Å². The van der Waals surface area contributed by atoms with Crippen LogP contribution in [0, 0.1) is 5.82 Å². The first-order chi connectivity index (χ1) is 10.0. The standard InChI is InChI=1S/C15H17ClFNO3/c1-21-14(19)9-11-4-2-3-7-18(11)15(20)12-8-10(16)5-6-13(12)17/h5-6,8,11H,2-4,7,9H2,1H3/t11-/m1/s1. The summed E-state index contributed by atoms with van der Waals surface area (Å²) >= 11 is 5.83. The molecule has 0 aromatic heterocycles. The van der Waals surface area contributed by atoms with E-state index in [0.717, 1.165) is 12.8 Å². The summed E-state index contributed by atoms with van der Waals surface area (Å²) in [7, 11) is 1.31. The molecule has 6 heteroatoms. The lowest BCUT2D eigenvalue weighted by atomic mass is 9.98. The Kier molecular flexibility index (Phi) is 5.17. The number of hydrogen-bond donors (Lipinski definition) is 0. The number of benzene rings is 1. The van der Waals surface area contributed by atoms with Crippen LogP contribution in [0.4, 0.5) is 4.39 Å². The molecule has 0 N–H and O–H groups in total. The first kappa shape index (κ1) is 15.8. The SMILES string of the molecule is COC(=O)C[C@H]1CCCCN1C(=O)c1cc(Cl)ccc1F. The molecule has 114 valence electrons. The smallest absolute Gasteiger partial charge is 0.307 e. The van der Waals surface area contributed by atoms with E-state index < -0.39 is 11.7 Å². The zero-order valence-corrected chi connectivity index (χ0v) is 12.5. The molecule has 0 unspecified atom stereocenters. The second kappa shape index (κ2) is 6.89. The van der Waals surface area contributed by atoms with Crippen molar-refractivity contribution in [2.24, 2.45) is 0 Å². The van der Waals surface area contributed by atoms with Gasteiger partial charge in [-0.3, -0.25) is 9.59 Å². The van der Waals surface area contributed by atoms with E-state index in [0.29, 0.717) is 18.0 Å². The molecule has 2 rings (SSSR count). The molecule has 21 heavy (non-hydrogen) atoms. The highest BCUT2D eigenvalue weighted by atomic mass is 35.5. The molecule has 0 radical (unpaired) electrons. The summed E-state index contributed by atoms with van der Waals surface area (Å²) in [4.78, 5) is 25.5. The number of piperidine rings is 1. The van der Waals surface area contributed by atoms with Gasteiger partial charge >= 0.3 is 5.97 Å². The van der Waals surface area contributed by atoms with Crippen LogP contribution in [-0.2, 0) is 9.53 Å². The lowest BCUT2D eigenvalue weighted by Gasteiger charge is -2.35. The predicted molar refractivity (Wildman–Crippen MR) is 76.7 cm³/mol. The van der Waals surface area contributed by atoms with Gasteiger partial charge < -0.3 is 9.64 Å². The second-order valence-corrected chi connectivity index (χ2v) is 5.49. The summed E-state index contributed by atoms with van der Waals surface area (Å²) in [5, 5.41) is 0.307. The number of nitrogens with zero attached hydrogens (tertiary/aromatic N) is 1. The zero-order valence-electron chi connectivity index (χ0n) is 11.8. The fourth-order valence-corrected chi connectivity index (χ4v) is 2.74. The molecule has 1 aliphatic rings. The molecular formula is C15H17ClFNO3. The van der Waals surface area contributed by atoms with Gasteiger partial charge in [0.15, 0.2) is 0 Å². The van der Waals surface area contributed by atoms with Crippen LogP contribution in [0.15, 0.2) is 18.2 Å². The van der Waals surface area contributed by atoms with Gasteiger partial charge in [-0.25, -0.2) is 4.39 Å². The quantitative estimate of drug-likeness (QED) is 0.806. The maximum atomic E-state index is 13.8. The number of halogens is 2. The number of ether oxygens (including phenoxy) is 1. The van der Waals surface area contributed by atoms with Gasteiger partial charge in [-0.15, -0.1) is 0 Å². The van der Waals surface area contributed by atoms with Crippen molar-refractivity contribution in [1.82, 2.24) is 4.90 Å². The van der Waals surface area contributed by atoms with Crippen molar-refractivity contribution < 1.29 is 18.7 Å². The van der Waals surface area contributed by atoms with Crippen molar-refractivity contribution >= 4 is 23.5 Å². The van der Waals surface area contributed by atoms with Gasteiger partial charge in [-0.2, -0.15) is 0 Å². The molecule has 1 aliphatic heterocycles. The normalized spacial score (nSPS) is 18.4. The molecule has 1 aromatic carbocycles. The van der Waals surface area contributed by atoms with Gasteiger partial charge in [-0.1, -0.05) is 11.6 Å². The zero-order chi connectivity index (χ0) is 15.4. The number of hydrogen-bond acceptors (Lipinski definition) is 3. The molecule has 1 fully saturated rings. The topological polar surface area (TPSA) is 46.6 Å². The Bertz CT molecular complexity index is 550. The molecule has 1 saturated heterocycles. The van der Waals surface area contributed by atoms with E-state index >= 15 is 0 Å². The molecule has 1 atom stereocenters. The fourth-order valence-electron chi connectivity index (χ4n) is 2.57. The number of esters is 1. The third-order valence-corrected chi connectivity index (χ3v) is 3.91. The minimum Gasteiger partial charge on any atom is -0.469 e. The molecule has 0 aliphatic carbocycles. The largest absolute Gasteiger partial charge is 0.469 e. The Hall–Kier alpha value is -1.62. The van der Waals surface area contributed by atoms with Gasteiger partial charge in [0.05, 0.1) is 19.1 Å². The maximum absolute atomic E-state index is 13.8. The number of amides is 1. The summed E-state index contributed by atoms with van der Waals surface area (Å²) in [6.45, 7) is 0.506. The van der Waals surface area contributed by atoms with E-state index in [2.05, 4.69) is 4.74 Å². The van der Waals surface area contributed by atoms with E-state index in [1.165, 1.54) is 25.3 Å². The Morgan fingerprint density at radius 2 is 2.19 bits per heavy atom. The van der Waals surface area contributed by atoms with E-state index in [1.54, 1.807) is 4.90 Å². The van der Waals surface area contributed by atoms with Gasteiger partial charge in [0.1, 0.15) is 5.82 Å². The Balaban J connectivity index is 2.22. The molecule has 0 saturated carbocycles. The summed E-state index contributed by atoms with van der Waals surface area (Å²) in [6, 6.07) is 3.64. The highest BCUT2D eigenvalue weighted by Crippen LogP contribution is 2.24. The number of rotatable bonds is 3. The van der Waals surface area contributed by atoms with E-state index in [9.17, 15) is 14.0 Å². The van der Waals surface area contributed by atoms with Crippen molar-refractivity contribution in [3.63, 3.8) is 0 Å². The first-order valence-corrected chi connectivity index (χ1v) is 7.23. The van der Waals surface area contributed by atoms with Crippen molar-refractivity contribution in [2.75, 3.05) is 13.7 Å². The van der Waals surface area contributed by atoms with E-state index in [-0.39, 0.29) is 24.0 Å². The number of methoxy groups -OCH3 is 1. The summed E-state index contributed by atoms with van der Waals surface area (Å²) in [5.74, 6) is -1.40. The van der Waals surface area contributed by atoms with Crippen LogP contribution in [0.3, 0.4) is 0 Å². The number of carbonyl (C=O) groups is 2. The third-order valence-electron chi connectivity index (χ3n) is 3.68. The van der Waals surface area contributed by atoms with Crippen LogP contribution in [0.5, 0.6) is 0 Å². The van der Waals surface area contributed by atoms with Gasteiger partial charge in [0, 0.05) is 17.6 Å². The lowest BCUT2D eigenvalue weighted by molar-refractivity contribution is -0.142. The predicted octanol–water partition coefficient (Wildman–Crippen LogP) is 3.04. The van der Waals surface area contributed by atoms with Crippen molar-refractivity contribution in [3.05, 3.63) is 34.6 Å². The van der Waals surface area contributed by atoms with Crippen molar-refractivity contribution in [2.45, 2.75) is 31.7 Å². The van der Waals surface area contributed by atoms with E-state index in [4.69, 9.17) is 11.6 Å². The molecule has 0 spiro atoms. The highest BCUT2D eigenvalue weighted by Gasteiger charge is 2.30. The van der Waals surface area contributed by atoms with Crippen LogP contribution in [0.2, 0.25) is 5.02 Å². The van der Waals surface area contributed by atoms with E-state index in [1.807, 2.05) is 0 Å². The van der Waals surface area contributed by atoms with Crippen molar-refractivity contribution in [1.29, 1.82) is 0 Å².